The van der Waals surface area contributed by atoms with Crippen molar-refractivity contribution < 1.29 is 5.11 Å². The smallest absolute Gasteiger partial charge is 0.0584 e. The summed E-state index contributed by atoms with van der Waals surface area (Å²) in [6.45, 7) is 37.3. The molecule has 0 saturated carbocycles. The molecule has 0 amide bonds. The Morgan fingerprint density at radius 2 is 0.444 bits per heavy atom. The van der Waals surface area contributed by atoms with E-state index in [0.29, 0.717) is 11.8 Å². The van der Waals surface area contributed by atoms with Gasteiger partial charge in [0.05, 0.1) is 6.61 Å². The Morgan fingerprint density at radius 3 is 0.694 bits per heavy atom. The van der Waals surface area contributed by atoms with E-state index in [-0.39, 0.29) is 54.9 Å². The molecule has 10 aromatic carbocycles. The van der Waals surface area contributed by atoms with Gasteiger partial charge in [0.25, 0.3) is 0 Å². The number of hydrogen-bond acceptors (Lipinski definition) is 9. The fourth-order valence-electron chi connectivity index (χ4n) is 16.0. The summed E-state index contributed by atoms with van der Waals surface area (Å²) in [7, 11) is 0. The second kappa shape index (κ2) is 44.3. The molecule has 108 heavy (non-hydrogen) atoms. The van der Waals surface area contributed by atoms with Crippen molar-refractivity contribution in [3.8, 4) is 0 Å². The van der Waals surface area contributed by atoms with Gasteiger partial charge in [-0.2, -0.15) is 0 Å². The molecule has 0 aliphatic carbocycles. The molecular formula is C99H126N8O. The van der Waals surface area contributed by atoms with Gasteiger partial charge in [-0.05, 0) is 108 Å². The molecule has 0 saturated heterocycles. The van der Waals surface area contributed by atoms with Crippen molar-refractivity contribution in [2.75, 3.05) is 59.0 Å². The minimum absolute atomic E-state index is 0.0189. The van der Waals surface area contributed by atoms with E-state index in [1.165, 1.54) is 55.6 Å². The predicted octanol–water partition coefficient (Wildman–Crippen LogP) is 19.0. The van der Waals surface area contributed by atoms with E-state index in [1.807, 2.05) is 0 Å². The molecule has 1 unspecified atom stereocenters. The quantitative estimate of drug-likeness (QED) is 0.0376. The molecule has 0 aliphatic heterocycles. The van der Waals surface area contributed by atoms with Gasteiger partial charge >= 0.3 is 0 Å². The molecule has 0 bridgehead atoms. The topological polar surface area (TPSA) is 46.2 Å². The van der Waals surface area contributed by atoms with Crippen LogP contribution in [0.15, 0.2) is 316 Å². The van der Waals surface area contributed by atoms with Gasteiger partial charge in [-0.3, -0.25) is 39.2 Å². The molecule has 0 aromatic heterocycles. The van der Waals surface area contributed by atoms with Crippen molar-refractivity contribution >= 4 is 0 Å². The maximum Gasteiger partial charge on any atom is 0.0584 e. The van der Waals surface area contributed by atoms with Gasteiger partial charge in [0.1, 0.15) is 0 Å². The maximum atomic E-state index is 11.0. The lowest BCUT2D eigenvalue weighted by Gasteiger charge is -2.45. The number of rotatable bonds is 47. The average Bonchev–Trinajstić information content (AvgIpc) is 0.823. The van der Waals surface area contributed by atoms with Crippen molar-refractivity contribution in [1.82, 2.24) is 39.2 Å². The van der Waals surface area contributed by atoms with Crippen LogP contribution in [0.1, 0.15) is 111 Å². The predicted molar refractivity (Wildman–Crippen MR) is 455 cm³/mol. The standard InChI is InChI=1S/C99H126N8O/c1-10-61-100(67-88-45-25-13-26-46-88)82(6)65-104(71-92-53-33-17-34-54-92)96(62-86-41-21-11-22-42-86)75-106(73-94-57-37-19-38-58-94)98(80(2)3)77-102(69-90-49-29-15-30-50-90)83(7)64-101(68-89-47-27-14-28-48-89)84(8)66-105(72-93-55-35-18-36-56-93)97(63-87-43-23-12-24-44-87)76-107(74-95-59-39-20-40-60-95)99(81(4)5)78-103(85(9)79-108)70-91-51-31-16-32-52-91/h10-60,80-85,96-99,108H,1,61-79H2,2-9H3/t82-,83-,84?,85-,96-,97-,98+,99+/m0/s1. The van der Waals surface area contributed by atoms with Crippen LogP contribution in [0.2, 0.25) is 0 Å². The van der Waals surface area contributed by atoms with Crippen LogP contribution in [-0.2, 0) is 65.2 Å². The monoisotopic (exact) mass is 1440 g/mol. The Balaban J connectivity index is 1.02. The Morgan fingerprint density at radius 1 is 0.241 bits per heavy atom. The van der Waals surface area contributed by atoms with Crippen LogP contribution in [0.4, 0.5) is 0 Å². The molecule has 1 N–H and O–H groups in total. The van der Waals surface area contributed by atoms with E-state index in [4.69, 9.17) is 0 Å². The fraction of sp³-hybridized carbons (Fsp3) is 0.374. The van der Waals surface area contributed by atoms with Crippen molar-refractivity contribution in [1.29, 1.82) is 0 Å². The van der Waals surface area contributed by atoms with Crippen molar-refractivity contribution in [3.63, 3.8) is 0 Å². The zero-order chi connectivity index (χ0) is 75.7. The number of aliphatic hydroxyl groups excluding tert-OH is 1. The van der Waals surface area contributed by atoms with Gasteiger partial charge in [-0.1, -0.05) is 337 Å². The average molecular weight is 1440 g/mol. The molecule has 0 heterocycles. The molecule has 9 nitrogen and oxygen atoms in total. The molecule has 0 fully saturated rings. The van der Waals surface area contributed by atoms with Gasteiger partial charge in [0.2, 0.25) is 0 Å². The summed E-state index contributed by atoms with van der Waals surface area (Å²) in [5.74, 6) is 0.642. The Hall–Kier alpha value is -8.42. The van der Waals surface area contributed by atoms with Crippen LogP contribution >= 0.6 is 0 Å². The van der Waals surface area contributed by atoms with E-state index in [1.54, 1.807) is 0 Å². The van der Waals surface area contributed by atoms with Crippen LogP contribution < -0.4 is 0 Å². The highest BCUT2D eigenvalue weighted by Crippen LogP contribution is 2.29. The van der Waals surface area contributed by atoms with E-state index in [9.17, 15) is 5.11 Å². The summed E-state index contributed by atoms with van der Waals surface area (Å²) in [5, 5.41) is 11.0. The van der Waals surface area contributed by atoms with Crippen molar-refractivity contribution in [2.45, 2.75) is 169 Å². The van der Waals surface area contributed by atoms with E-state index in [0.717, 1.165) is 118 Å². The summed E-state index contributed by atoms with van der Waals surface area (Å²) < 4.78 is 0. The summed E-state index contributed by atoms with van der Waals surface area (Å²) in [6.07, 6.45) is 3.89. The molecule has 8 atom stereocenters. The van der Waals surface area contributed by atoms with E-state index in [2.05, 4.69) is 411 Å². The second-order valence-corrected chi connectivity index (χ2v) is 31.5. The number of nitrogens with zero attached hydrogens (tertiary/aromatic N) is 8. The van der Waals surface area contributed by atoms with Crippen LogP contribution in [0.25, 0.3) is 0 Å². The first kappa shape index (κ1) is 82.1. The summed E-state index contributed by atoms with van der Waals surface area (Å²) in [5.41, 5.74) is 13.3. The molecule has 9 heteroatoms. The number of benzene rings is 10. The lowest BCUT2D eigenvalue weighted by atomic mass is 9.96. The van der Waals surface area contributed by atoms with Crippen molar-refractivity contribution in [3.05, 3.63) is 372 Å². The lowest BCUT2D eigenvalue weighted by molar-refractivity contribution is 0.0214. The Kier molecular flexibility index (Phi) is 33.7. The van der Waals surface area contributed by atoms with Crippen LogP contribution in [-0.4, -0.2) is 152 Å². The first-order valence-corrected chi connectivity index (χ1v) is 40.3. The maximum absolute atomic E-state index is 11.0. The number of hydrogen-bond donors (Lipinski definition) is 1. The van der Waals surface area contributed by atoms with E-state index < -0.39 is 0 Å². The van der Waals surface area contributed by atoms with Crippen LogP contribution in [0.5, 0.6) is 0 Å². The minimum Gasteiger partial charge on any atom is -0.395 e. The summed E-state index contributed by atoms with van der Waals surface area (Å²) in [4.78, 5) is 22.3. The molecule has 0 radical (unpaired) electrons. The molecule has 0 spiro atoms. The SMILES string of the molecule is C=CCN(Cc1ccccc1)[C@@H](C)CN(Cc1ccccc1)[C@@H](Cc1ccccc1)CN(Cc1ccccc1)[C@H](CN(Cc1ccccc1)[C@@H](C)CN(Cc1ccccc1)C(C)CN(Cc1ccccc1)[C@@H](Cc1ccccc1)CN(Cc1ccccc1)[C@H](CN(Cc1ccccc1)[C@@H](C)CO)C(C)C)C(C)C. The first-order valence-electron chi connectivity index (χ1n) is 40.3. The Labute approximate surface area is 651 Å². The zero-order valence-corrected chi connectivity index (χ0v) is 66.4. The minimum atomic E-state index is -0.0189. The second-order valence-electron chi connectivity index (χ2n) is 31.5. The highest BCUT2D eigenvalue weighted by molar-refractivity contribution is 5.24. The number of aliphatic hydroxyl groups is 1. The Bertz CT molecular complexity index is 4000. The molecule has 10 aromatic rings. The van der Waals surface area contributed by atoms with Gasteiger partial charge < -0.3 is 5.11 Å². The highest BCUT2D eigenvalue weighted by Gasteiger charge is 2.36. The third kappa shape index (κ3) is 26.7. The van der Waals surface area contributed by atoms with Gasteiger partial charge in [0, 0.05) is 153 Å². The summed E-state index contributed by atoms with van der Waals surface area (Å²) >= 11 is 0. The summed E-state index contributed by atoms with van der Waals surface area (Å²) in [6, 6.07) is 113. The van der Waals surface area contributed by atoms with Gasteiger partial charge in [0.15, 0.2) is 0 Å². The molecule has 10 rings (SSSR count). The zero-order valence-electron chi connectivity index (χ0n) is 66.4. The molecular weight excluding hydrogens is 1320 g/mol. The normalized spacial score (nSPS) is 14.3. The third-order valence-corrected chi connectivity index (χ3v) is 22.3. The van der Waals surface area contributed by atoms with Crippen LogP contribution in [0, 0.1) is 11.8 Å². The van der Waals surface area contributed by atoms with E-state index >= 15 is 0 Å². The van der Waals surface area contributed by atoms with Gasteiger partial charge in [-0.25, -0.2) is 0 Å². The lowest BCUT2D eigenvalue weighted by Crippen LogP contribution is -2.56. The molecule has 568 valence electrons. The first-order chi connectivity index (χ1) is 52.7. The van der Waals surface area contributed by atoms with Gasteiger partial charge in [-0.15, -0.1) is 6.58 Å². The third-order valence-electron chi connectivity index (χ3n) is 22.3. The van der Waals surface area contributed by atoms with Crippen molar-refractivity contribution in [2.24, 2.45) is 11.8 Å². The fourth-order valence-corrected chi connectivity index (χ4v) is 16.0. The molecule has 0 aliphatic rings. The van der Waals surface area contributed by atoms with Crippen LogP contribution in [0.3, 0.4) is 0 Å². The highest BCUT2D eigenvalue weighted by atomic mass is 16.3. The largest absolute Gasteiger partial charge is 0.395 e.